The van der Waals surface area contributed by atoms with Gasteiger partial charge in [-0.3, -0.25) is 0 Å². The zero-order valence-corrected chi connectivity index (χ0v) is 10.7. The molecule has 1 aromatic heterocycles. The number of pyridine rings is 1. The normalized spacial score (nSPS) is 17.3. The van der Waals surface area contributed by atoms with Gasteiger partial charge in [-0.15, -0.1) is 0 Å². The molecule has 0 atom stereocenters. The zero-order chi connectivity index (χ0) is 12.6. The summed E-state index contributed by atoms with van der Waals surface area (Å²) in [6.45, 7) is 1.22. The van der Waals surface area contributed by atoms with Crippen molar-refractivity contribution in [2.75, 3.05) is 13.1 Å². The van der Waals surface area contributed by atoms with Crippen LogP contribution in [0.3, 0.4) is 0 Å². The predicted octanol–water partition coefficient (Wildman–Crippen LogP) is 2.02. The molecule has 0 amide bonds. The topological polar surface area (TPSA) is 50.3 Å². The average Bonchev–Trinajstić information content (AvgIpc) is 2.92. The van der Waals surface area contributed by atoms with E-state index in [1.807, 2.05) is 30.3 Å². The lowest BCUT2D eigenvalue weighted by Crippen LogP contribution is -2.28. The van der Waals surface area contributed by atoms with Crippen molar-refractivity contribution in [3.05, 3.63) is 36.4 Å². The quantitative estimate of drug-likeness (QED) is 0.832. The number of aromatic nitrogens is 1. The minimum Gasteiger partial charge on any atom is -0.235 e. The summed E-state index contributed by atoms with van der Waals surface area (Å²) in [6.07, 6.45) is 1.87. The van der Waals surface area contributed by atoms with E-state index in [2.05, 4.69) is 4.98 Å². The number of benzene rings is 1. The summed E-state index contributed by atoms with van der Waals surface area (Å²) in [5, 5.41) is 1.11. The van der Waals surface area contributed by atoms with E-state index in [-0.39, 0.29) is 5.03 Å². The van der Waals surface area contributed by atoms with Crippen LogP contribution in [-0.4, -0.2) is 30.8 Å². The molecule has 2 aromatic rings. The molecule has 4 nitrogen and oxygen atoms in total. The maximum absolute atomic E-state index is 12.3. The first-order valence-electron chi connectivity index (χ1n) is 6.04. The molecule has 0 spiro atoms. The molecule has 1 saturated heterocycles. The standard InChI is InChI=1S/C13H14N2O2S/c16-18(17,15-9-3-4-10-15)13-8-7-11-5-1-2-6-12(11)14-13/h1-2,5-8H,3-4,9-10H2. The van der Waals surface area contributed by atoms with Crippen molar-refractivity contribution in [3.63, 3.8) is 0 Å². The predicted molar refractivity (Wildman–Crippen MR) is 69.7 cm³/mol. The third kappa shape index (κ3) is 1.89. The van der Waals surface area contributed by atoms with Gasteiger partial charge in [-0.25, -0.2) is 13.4 Å². The molecule has 1 aliphatic heterocycles. The van der Waals surface area contributed by atoms with Crippen LogP contribution < -0.4 is 0 Å². The molecule has 18 heavy (non-hydrogen) atoms. The molecular weight excluding hydrogens is 248 g/mol. The molecule has 0 unspecified atom stereocenters. The van der Waals surface area contributed by atoms with Crippen molar-refractivity contribution < 1.29 is 8.42 Å². The fourth-order valence-electron chi connectivity index (χ4n) is 2.25. The highest BCUT2D eigenvalue weighted by Gasteiger charge is 2.28. The van der Waals surface area contributed by atoms with Crippen LogP contribution in [0, 0.1) is 0 Å². The Labute approximate surface area is 106 Å². The van der Waals surface area contributed by atoms with E-state index in [1.165, 1.54) is 4.31 Å². The molecule has 0 aliphatic carbocycles. The van der Waals surface area contributed by atoms with Gasteiger partial charge in [-0.1, -0.05) is 18.2 Å². The third-order valence-corrected chi connectivity index (χ3v) is 5.04. The molecule has 94 valence electrons. The van der Waals surface area contributed by atoms with E-state index in [9.17, 15) is 8.42 Å². The van der Waals surface area contributed by atoms with Gasteiger partial charge in [0.05, 0.1) is 5.52 Å². The summed E-state index contributed by atoms with van der Waals surface area (Å²) in [6, 6.07) is 10.9. The number of hydrogen-bond acceptors (Lipinski definition) is 3. The van der Waals surface area contributed by atoms with Crippen LogP contribution in [0.5, 0.6) is 0 Å². The second kappa shape index (κ2) is 4.33. The van der Waals surface area contributed by atoms with Crippen molar-refractivity contribution in [3.8, 4) is 0 Å². The Hall–Kier alpha value is -1.46. The van der Waals surface area contributed by atoms with Gasteiger partial charge >= 0.3 is 0 Å². The van der Waals surface area contributed by atoms with Crippen molar-refractivity contribution in [2.45, 2.75) is 17.9 Å². The number of hydrogen-bond donors (Lipinski definition) is 0. The maximum Gasteiger partial charge on any atom is 0.260 e. The monoisotopic (exact) mass is 262 g/mol. The lowest BCUT2D eigenvalue weighted by atomic mass is 10.2. The first-order valence-corrected chi connectivity index (χ1v) is 7.48. The van der Waals surface area contributed by atoms with Crippen molar-refractivity contribution in [2.24, 2.45) is 0 Å². The minimum absolute atomic E-state index is 0.156. The van der Waals surface area contributed by atoms with Crippen LogP contribution in [0.25, 0.3) is 10.9 Å². The highest BCUT2D eigenvalue weighted by molar-refractivity contribution is 7.89. The summed E-state index contributed by atoms with van der Waals surface area (Å²) in [5.41, 5.74) is 0.720. The molecule has 1 aromatic carbocycles. The lowest BCUT2D eigenvalue weighted by Gasteiger charge is -2.14. The van der Waals surface area contributed by atoms with Gasteiger partial charge in [-0.2, -0.15) is 4.31 Å². The summed E-state index contributed by atoms with van der Waals surface area (Å²) < 4.78 is 26.2. The molecule has 0 radical (unpaired) electrons. The lowest BCUT2D eigenvalue weighted by molar-refractivity contribution is 0.475. The first kappa shape index (κ1) is 11.6. The molecule has 0 bridgehead atoms. The first-order chi connectivity index (χ1) is 8.68. The van der Waals surface area contributed by atoms with Crippen molar-refractivity contribution in [1.29, 1.82) is 0 Å². The van der Waals surface area contributed by atoms with Gasteiger partial charge in [-0.05, 0) is 31.0 Å². The van der Waals surface area contributed by atoms with Gasteiger partial charge in [0.1, 0.15) is 0 Å². The molecule has 0 N–H and O–H groups in total. The number of rotatable bonds is 2. The Morgan fingerprint density at radius 2 is 1.72 bits per heavy atom. The van der Waals surface area contributed by atoms with Crippen LogP contribution >= 0.6 is 0 Å². The van der Waals surface area contributed by atoms with Crippen LogP contribution in [0.4, 0.5) is 0 Å². The van der Waals surface area contributed by atoms with E-state index >= 15 is 0 Å². The molecule has 2 heterocycles. The number of para-hydroxylation sites is 1. The summed E-state index contributed by atoms with van der Waals surface area (Å²) >= 11 is 0. The summed E-state index contributed by atoms with van der Waals surface area (Å²) in [7, 11) is -3.41. The summed E-state index contributed by atoms with van der Waals surface area (Å²) in [4.78, 5) is 4.26. The Kier molecular flexibility index (Phi) is 2.80. The van der Waals surface area contributed by atoms with E-state index < -0.39 is 10.0 Å². The van der Waals surface area contributed by atoms with Gasteiger partial charge in [0.15, 0.2) is 5.03 Å². The minimum atomic E-state index is -3.41. The fraction of sp³-hybridized carbons (Fsp3) is 0.308. The van der Waals surface area contributed by atoms with E-state index in [1.54, 1.807) is 6.07 Å². The van der Waals surface area contributed by atoms with E-state index in [4.69, 9.17) is 0 Å². The number of nitrogens with zero attached hydrogens (tertiary/aromatic N) is 2. The number of sulfonamides is 1. The molecular formula is C13H14N2O2S. The van der Waals surface area contributed by atoms with Gasteiger partial charge in [0.25, 0.3) is 10.0 Å². The Balaban J connectivity index is 2.08. The van der Waals surface area contributed by atoms with Gasteiger partial charge in [0, 0.05) is 18.5 Å². The largest absolute Gasteiger partial charge is 0.260 e. The van der Waals surface area contributed by atoms with Gasteiger partial charge < -0.3 is 0 Å². The SMILES string of the molecule is O=S(=O)(c1ccc2ccccc2n1)N1CCCC1. The van der Waals surface area contributed by atoms with Crippen molar-refractivity contribution >= 4 is 20.9 Å². The van der Waals surface area contributed by atoms with Gasteiger partial charge in [0.2, 0.25) is 0 Å². The molecule has 3 rings (SSSR count). The van der Waals surface area contributed by atoms with Crippen molar-refractivity contribution in [1.82, 2.24) is 9.29 Å². The zero-order valence-electron chi connectivity index (χ0n) is 9.91. The highest BCUT2D eigenvalue weighted by atomic mass is 32.2. The Morgan fingerprint density at radius 3 is 2.50 bits per heavy atom. The second-order valence-electron chi connectivity index (χ2n) is 4.45. The molecule has 0 saturated carbocycles. The van der Waals surface area contributed by atoms with Crippen LogP contribution in [0.15, 0.2) is 41.4 Å². The average molecular weight is 262 g/mol. The maximum atomic E-state index is 12.3. The molecule has 1 aliphatic rings. The fourth-order valence-corrected chi connectivity index (χ4v) is 3.71. The summed E-state index contributed by atoms with van der Waals surface area (Å²) in [5.74, 6) is 0. The Morgan fingerprint density at radius 1 is 1.00 bits per heavy atom. The van der Waals surface area contributed by atoms with E-state index in [0.717, 1.165) is 23.7 Å². The second-order valence-corrected chi connectivity index (χ2v) is 6.34. The van der Waals surface area contributed by atoms with Crippen LogP contribution in [0.1, 0.15) is 12.8 Å². The molecule has 1 fully saturated rings. The van der Waals surface area contributed by atoms with Crippen LogP contribution in [-0.2, 0) is 10.0 Å². The smallest absolute Gasteiger partial charge is 0.235 e. The number of fused-ring (bicyclic) bond motifs is 1. The third-order valence-electron chi connectivity index (χ3n) is 3.24. The van der Waals surface area contributed by atoms with Crippen LogP contribution in [0.2, 0.25) is 0 Å². The molecule has 5 heteroatoms. The van der Waals surface area contributed by atoms with E-state index in [0.29, 0.717) is 13.1 Å². The highest BCUT2D eigenvalue weighted by Crippen LogP contribution is 2.21. The Bertz CT molecular complexity index is 676.